The van der Waals surface area contributed by atoms with E-state index in [1.54, 1.807) is 64.3 Å². The van der Waals surface area contributed by atoms with Crippen LogP contribution in [0.4, 0.5) is 18.0 Å². The van der Waals surface area contributed by atoms with Crippen molar-refractivity contribution >= 4 is 23.1 Å². The van der Waals surface area contributed by atoms with E-state index >= 15 is 0 Å². The van der Waals surface area contributed by atoms with Crippen molar-refractivity contribution in [2.75, 3.05) is 13.9 Å². The van der Waals surface area contributed by atoms with E-state index < -0.39 is 35.4 Å². The number of hydrogen-bond donors (Lipinski definition) is 1. The van der Waals surface area contributed by atoms with Crippen LogP contribution >= 0.6 is 0 Å². The number of fused-ring (bicyclic) bond motifs is 1. The number of ether oxygens (including phenoxy) is 4. The highest BCUT2D eigenvalue weighted by atomic mass is 19.4. The molecule has 3 aromatic carbocycles. The average Bonchev–Trinajstić information content (AvgIpc) is 3.37. The number of halogens is 3. The molecule has 240 valence electrons. The molecule has 0 bridgehead atoms. The minimum absolute atomic E-state index is 0.00743. The summed E-state index contributed by atoms with van der Waals surface area (Å²) >= 11 is 0. The lowest BCUT2D eigenvalue weighted by Gasteiger charge is -2.23. The summed E-state index contributed by atoms with van der Waals surface area (Å²) in [6.45, 7) is 6.61. The average molecular weight is 631 g/mol. The van der Waals surface area contributed by atoms with Gasteiger partial charge in [0.25, 0.3) is 6.79 Å². The predicted molar refractivity (Wildman–Crippen MR) is 155 cm³/mol. The fourth-order valence-corrected chi connectivity index (χ4v) is 4.12. The van der Waals surface area contributed by atoms with Gasteiger partial charge >= 0.3 is 18.2 Å². The van der Waals surface area contributed by atoms with Crippen LogP contribution in [0.3, 0.4) is 0 Å². The molecule has 1 N–H and O–H groups in total. The summed E-state index contributed by atoms with van der Waals surface area (Å²) in [7, 11) is 1.56. The Kier molecular flexibility index (Phi) is 10.0. The van der Waals surface area contributed by atoms with Gasteiger partial charge in [0.15, 0.2) is 0 Å². The Hall–Kier alpha value is -5.01. The monoisotopic (exact) mass is 630 g/mol. The number of benzene rings is 3. The number of esters is 1. The van der Waals surface area contributed by atoms with Crippen molar-refractivity contribution in [1.82, 2.24) is 20.5 Å². The predicted octanol–water partition coefficient (Wildman–Crippen LogP) is 5.41. The molecule has 0 radical (unpaired) electrons. The second kappa shape index (κ2) is 13.7. The number of carbonyl (C=O) groups is 2. The van der Waals surface area contributed by atoms with Crippen molar-refractivity contribution in [2.45, 2.75) is 58.5 Å². The molecular weight excluding hydrogens is 597 g/mol. The Labute approximate surface area is 257 Å². The Morgan fingerprint density at radius 2 is 1.69 bits per heavy atom. The summed E-state index contributed by atoms with van der Waals surface area (Å²) in [6.07, 6.45) is -5.22. The van der Waals surface area contributed by atoms with E-state index in [-0.39, 0.29) is 30.9 Å². The highest BCUT2D eigenvalue weighted by molar-refractivity contribution is 5.82. The van der Waals surface area contributed by atoms with Gasteiger partial charge in [0.1, 0.15) is 40.8 Å². The molecule has 11 nitrogen and oxygen atoms in total. The van der Waals surface area contributed by atoms with Crippen molar-refractivity contribution in [2.24, 2.45) is 0 Å². The molecule has 1 heterocycles. The third-order valence-corrected chi connectivity index (χ3v) is 6.40. The zero-order valence-corrected chi connectivity index (χ0v) is 25.3. The molecular formula is C31H33F3N4O7. The first-order valence-electron chi connectivity index (χ1n) is 13.8. The molecule has 4 rings (SSSR count). The zero-order valence-electron chi connectivity index (χ0n) is 25.3. The first kappa shape index (κ1) is 32.9. The van der Waals surface area contributed by atoms with E-state index in [0.717, 1.165) is 28.1 Å². The lowest BCUT2D eigenvalue weighted by Crippen LogP contribution is -2.45. The quantitative estimate of drug-likeness (QED) is 0.171. The van der Waals surface area contributed by atoms with Gasteiger partial charge in [0, 0.05) is 6.42 Å². The third-order valence-electron chi connectivity index (χ3n) is 6.40. The molecule has 1 amide bonds. The molecule has 0 fully saturated rings. The number of aromatic nitrogens is 3. The molecule has 0 saturated heterocycles. The number of alkyl halides is 3. The normalized spacial score (nSPS) is 12.4. The topological polar surface area (TPSA) is 123 Å². The van der Waals surface area contributed by atoms with E-state index in [2.05, 4.69) is 15.6 Å². The van der Waals surface area contributed by atoms with E-state index in [0.29, 0.717) is 17.1 Å². The maximum absolute atomic E-state index is 13.1. The van der Waals surface area contributed by atoms with E-state index in [4.69, 9.17) is 23.8 Å². The number of rotatable bonds is 11. The van der Waals surface area contributed by atoms with Crippen LogP contribution in [-0.4, -0.2) is 52.8 Å². The van der Waals surface area contributed by atoms with Crippen molar-refractivity contribution in [3.8, 4) is 11.5 Å². The van der Waals surface area contributed by atoms with Gasteiger partial charge in [-0.2, -0.15) is 13.2 Å². The highest BCUT2D eigenvalue weighted by Crippen LogP contribution is 2.30. The van der Waals surface area contributed by atoms with Crippen LogP contribution < -0.4 is 19.6 Å². The summed E-state index contributed by atoms with van der Waals surface area (Å²) < 4.78 is 60.9. The first-order chi connectivity index (χ1) is 21.2. The molecule has 1 atom stereocenters. The van der Waals surface area contributed by atoms with E-state index in [9.17, 15) is 22.8 Å². The Morgan fingerprint density at radius 1 is 0.978 bits per heavy atom. The second-order valence-corrected chi connectivity index (χ2v) is 11.0. The minimum Gasteiger partial charge on any atom is -0.497 e. The molecule has 1 unspecified atom stereocenters. The number of aryl methyl sites for hydroxylation is 1. The molecule has 1 aromatic heterocycles. The summed E-state index contributed by atoms with van der Waals surface area (Å²) in [6, 6.07) is 13.9. The van der Waals surface area contributed by atoms with Crippen LogP contribution in [0.1, 0.15) is 43.0 Å². The van der Waals surface area contributed by atoms with Gasteiger partial charge in [-0.1, -0.05) is 23.0 Å². The van der Waals surface area contributed by atoms with Crippen LogP contribution in [0, 0.1) is 6.92 Å². The summed E-state index contributed by atoms with van der Waals surface area (Å²) in [4.78, 5) is 31.8. The van der Waals surface area contributed by atoms with Gasteiger partial charge in [0.05, 0.1) is 12.7 Å². The first-order valence-corrected chi connectivity index (χ1v) is 13.8. The Morgan fingerprint density at radius 3 is 2.33 bits per heavy atom. The van der Waals surface area contributed by atoms with Crippen LogP contribution in [0.15, 0.2) is 60.7 Å². The van der Waals surface area contributed by atoms with Crippen molar-refractivity contribution in [3.63, 3.8) is 0 Å². The van der Waals surface area contributed by atoms with Gasteiger partial charge in [0.2, 0.25) is 0 Å². The zero-order chi connectivity index (χ0) is 32.8. The van der Waals surface area contributed by atoms with Crippen LogP contribution in [0.2, 0.25) is 0 Å². The maximum Gasteiger partial charge on any atom is 0.416 e. The smallest absolute Gasteiger partial charge is 0.416 e. The van der Waals surface area contributed by atoms with Gasteiger partial charge in [-0.3, -0.25) is 0 Å². The van der Waals surface area contributed by atoms with Crippen molar-refractivity contribution in [1.29, 1.82) is 0 Å². The number of nitrogens with one attached hydrogen (secondary N) is 1. The molecule has 14 heteroatoms. The summed E-state index contributed by atoms with van der Waals surface area (Å²) in [5.74, 6) is 0.393. The van der Waals surface area contributed by atoms with Crippen molar-refractivity contribution < 1.29 is 46.5 Å². The molecule has 0 spiro atoms. The second-order valence-electron chi connectivity index (χ2n) is 11.0. The minimum atomic E-state index is -4.53. The lowest BCUT2D eigenvalue weighted by molar-refractivity contribution is -0.147. The molecule has 0 aliphatic carbocycles. The number of alkyl carbamates (subject to hydrolysis) is 1. The number of carbonyl (C=O) groups excluding carboxylic acids is 2. The fourth-order valence-electron chi connectivity index (χ4n) is 4.12. The van der Waals surface area contributed by atoms with Crippen molar-refractivity contribution in [3.05, 3.63) is 82.9 Å². The molecule has 0 saturated carbocycles. The number of methoxy groups -OCH3 is 1. The fraction of sp³-hybridized carbons (Fsp3) is 0.355. The number of hydrogen-bond acceptors (Lipinski definition) is 9. The molecule has 45 heavy (non-hydrogen) atoms. The Balaban J connectivity index is 1.38. The SMILES string of the molecule is COc1ccc(COC(=O)C(Cc2ccc(OCOn3nnc4ccc(C(F)(F)F)cc43)cc2)NC(=O)OC(C)(C)C)c(C)c1. The van der Waals surface area contributed by atoms with Crippen LogP contribution in [0.5, 0.6) is 11.5 Å². The van der Waals surface area contributed by atoms with Gasteiger partial charge < -0.3 is 29.1 Å². The van der Waals surface area contributed by atoms with E-state index in [1.165, 1.54) is 6.07 Å². The van der Waals surface area contributed by atoms with Gasteiger partial charge in [-0.15, -0.1) is 5.10 Å². The lowest BCUT2D eigenvalue weighted by atomic mass is 10.1. The van der Waals surface area contributed by atoms with E-state index in [1.807, 2.05) is 13.0 Å². The largest absolute Gasteiger partial charge is 0.497 e. The molecule has 0 aliphatic heterocycles. The van der Waals surface area contributed by atoms with Gasteiger partial charge in [-0.25, -0.2) is 9.59 Å². The highest BCUT2D eigenvalue weighted by Gasteiger charge is 2.31. The Bertz CT molecular complexity index is 1630. The van der Waals surface area contributed by atoms with Crippen LogP contribution in [-0.2, 0) is 33.5 Å². The molecule has 0 aliphatic rings. The summed E-state index contributed by atoms with van der Waals surface area (Å²) in [5.41, 5.74) is 0.937. The third kappa shape index (κ3) is 9.24. The van der Waals surface area contributed by atoms with Gasteiger partial charge in [-0.05, 0) is 92.1 Å². The number of amides is 1. The maximum atomic E-state index is 13.1. The number of nitrogens with zero attached hydrogens (tertiary/aromatic N) is 3. The van der Waals surface area contributed by atoms with Crippen LogP contribution in [0.25, 0.3) is 11.0 Å². The molecule has 4 aromatic rings. The standard InChI is InChI=1S/C31H33F3N4O7/c1-19-14-24(41-5)12-8-21(19)17-42-28(39)26(35-29(40)45-30(2,3)4)15-20-6-10-23(11-7-20)43-18-44-38-27-16-22(31(32,33)34)9-13-25(27)36-37-38/h6-14,16,26H,15,17-18H2,1-5H3,(H,35,40). The summed E-state index contributed by atoms with van der Waals surface area (Å²) in [5, 5.41) is 10.1.